The third-order valence-corrected chi connectivity index (χ3v) is 3.74. The average Bonchev–Trinajstić information content (AvgIpc) is 2.60. The molecule has 146 valence electrons. The number of hydrogen-bond acceptors (Lipinski definition) is 4. The molecule has 10 heteroatoms. The second-order valence-corrected chi connectivity index (χ2v) is 5.90. The first-order valence-corrected chi connectivity index (χ1v) is 7.86. The van der Waals surface area contributed by atoms with Crippen molar-refractivity contribution in [1.82, 2.24) is 9.97 Å². The van der Waals surface area contributed by atoms with Gasteiger partial charge in [-0.15, -0.1) is 0 Å². The van der Waals surface area contributed by atoms with Crippen LogP contribution < -0.4 is 5.43 Å². The SMILES string of the molecule is Cc1ccc(C=NNc2ccc3c(C(F)(F)F)cc(C(F)(F)F)nc3n2)cc1. The van der Waals surface area contributed by atoms with E-state index in [4.69, 9.17) is 0 Å². The topological polar surface area (TPSA) is 50.2 Å². The monoisotopic (exact) mass is 398 g/mol. The van der Waals surface area contributed by atoms with Crippen molar-refractivity contribution in [3.05, 3.63) is 64.8 Å². The minimum atomic E-state index is -5.04. The minimum absolute atomic E-state index is 0.0212. The average molecular weight is 398 g/mol. The molecule has 4 nitrogen and oxygen atoms in total. The molecule has 0 spiro atoms. The minimum Gasteiger partial charge on any atom is -0.261 e. The molecule has 0 bridgehead atoms. The van der Waals surface area contributed by atoms with Gasteiger partial charge in [-0.05, 0) is 30.7 Å². The van der Waals surface area contributed by atoms with Crippen LogP contribution in [0.4, 0.5) is 32.2 Å². The maximum absolute atomic E-state index is 13.1. The molecule has 0 aliphatic rings. The van der Waals surface area contributed by atoms with Crippen LogP contribution in [0.1, 0.15) is 22.4 Å². The van der Waals surface area contributed by atoms with E-state index in [1.807, 2.05) is 19.1 Å². The molecular weight excluding hydrogens is 386 g/mol. The molecule has 28 heavy (non-hydrogen) atoms. The number of nitrogens with one attached hydrogen (secondary N) is 1. The summed E-state index contributed by atoms with van der Waals surface area (Å²) in [5, 5.41) is 3.35. The Bertz CT molecular complexity index is 1020. The van der Waals surface area contributed by atoms with Gasteiger partial charge in [0.25, 0.3) is 0 Å². The van der Waals surface area contributed by atoms with Gasteiger partial charge in [-0.1, -0.05) is 29.8 Å². The van der Waals surface area contributed by atoms with Crippen LogP contribution in [0.3, 0.4) is 0 Å². The molecule has 1 aromatic carbocycles. The highest BCUT2D eigenvalue weighted by Crippen LogP contribution is 2.38. The van der Waals surface area contributed by atoms with Gasteiger partial charge in [0.1, 0.15) is 11.5 Å². The molecule has 2 aromatic heterocycles. The van der Waals surface area contributed by atoms with E-state index >= 15 is 0 Å². The van der Waals surface area contributed by atoms with E-state index in [1.165, 1.54) is 12.3 Å². The number of benzene rings is 1. The summed E-state index contributed by atoms with van der Waals surface area (Å²) in [6.45, 7) is 1.91. The number of alkyl halides is 6. The number of hydrazone groups is 1. The number of aromatic nitrogens is 2. The van der Waals surface area contributed by atoms with Gasteiger partial charge in [-0.3, -0.25) is 5.43 Å². The number of aryl methyl sites for hydroxylation is 1. The van der Waals surface area contributed by atoms with Crippen LogP contribution in [0, 0.1) is 6.92 Å². The summed E-state index contributed by atoms with van der Waals surface area (Å²) in [5.74, 6) is -0.0455. The largest absolute Gasteiger partial charge is 0.433 e. The molecule has 0 saturated carbocycles. The van der Waals surface area contributed by atoms with Gasteiger partial charge in [0.2, 0.25) is 0 Å². The van der Waals surface area contributed by atoms with Crippen LogP contribution >= 0.6 is 0 Å². The van der Waals surface area contributed by atoms with Gasteiger partial charge in [-0.2, -0.15) is 31.4 Å². The summed E-state index contributed by atoms with van der Waals surface area (Å²) in [4.78, 5) is 6.96. The first-order chi connectivity index (χ1) is 13.0. The lowest BCUT2D eigenvalue weighted by molar-refractivity contribution is -0.144. The summed E-state index contributed by atoms with van der Waals surface area (Å²) in [6, 6.07) is 9.46. The Morgan fingerprint density at radius 3 is 2.18 bits per heavy atom. The number of halogens is 6. The molecule has 0 aliphatic carbocycles. The van der Waals surface area contributed by atoms with Gasteiger partial charge >= 0.3 is 12.4 Å². The molecule has 1 N–H and O–H groups in total. The third-order valence-electron chi connectivity index (χ3n) is 3.74. The van der Waals surface area contributed by atoms with Gasteiger partial charge in [0, 0.05) is 5.39 Å². The van der Waals surface area contributed by atoms with Crippen molar-refractivity contribution in [2.24, 2.45) is 5.10 Å². The summed E-state index contributed by atoms with van der Waals surface area (Å²) >= 11 is 0. The zero-order valence-electron chi connectivity index (χ0n) is 14.2. The second kappa shape index (κ2) is 7.10. The van der Waals surface area contributed by atoms with Gasteiger partial charge in [0.05, 0.1) is 11.8 Å². The molecule has 0 atom stereocenters. The highest BCUT2D eigenvalue weighted by Gasteiger charge is 2.39. The van der Waals surface area contributed by atoms with Crippen molar-refractivity contribution < 1.29 is 26.3 Å². The fraction of sp³-hybridized carbons (Fsp3) is 0.167. The lowest BCUT2D eigenvalue weighted by Gasteiger charge is -2.14. The van der Waals surface area contributed by atoms with E-state index in [9.17, 15) is 26.3 Å². The van der Waals surface area contributed by atoms with Gasteiger partial charge in [-0.25, -0.2) is 9.97 Å². The molecule has 0 saturated heterocycles. The normalized spacial score (nSPS) is 12.7. The Balaban J connectivity index is 1.96. The van der Waals surface area contributed by atoms with Crippen LogP contribution in [0.5, 0.6) is 0 Å². The van der Waals surface area contributed by atoms with Crippen molar-refractivity contribution in [2.45, 2.75) is 19.3 Å². The highest BCUT2D eigenvalue weighted by atomic mass is 19.4. The maximum Gasteiger partial charge on any atom is 0.433 e. The predicted molar refractivity (Wildman–Crippen MR) is 91.9 cm³/mol. The molecule has 0 radical (unpaired) electrons. The number of anilines is 1. The van der Waals surface area contributed by atoms with Crippen molar-refractivity contribution in [2.75, 3.05) is 5.43 Å². The smallest absolute Gasteiger partial charge is 0.261 e. The molecule has 0 aliphatic heterocycles. The van der Waals surface area contributed by atoms with Gasteiger partial charge in [0.15, 0.2) is 5.65 Å². The van der Waals surface area contributed by atoms with Crippen LogP contribution in [0.2, 0.25) is 0 Å². The van der Waals surface area contributed by atoms with E-state index in [2.05, 4.69) is 20.5 Å². The van der Waals surface area contributed by atoms with Crippen LogP contribution in [0.15, 0.2) is 47.6 Å². The second-order valence-electron chi connectivity index (χ2n) is 5.90. The molecule has 2 heterocycles. The fourth-order valence-corrected chi connectivity index (χ4v) is 2.37. The third kappa shape index (κ3) is 4.38. The maximum atomic E-state index is 13.1. The zero-order valence-corrected chi connectivity index (χ0v) is 14.2. The lowest BCUT2D eigenvalue weighted by atomic mass is 10.1. The Morgan fingerprint density at radius 1 is 0.893 bits per heavy atom. The van der Waals surface area contributed by atoms with Crippen molar-refractivity contribution in [3.63, 3.8) is 0 Å². The first-order valence-electron chi connectivity index (χ1n) is 7.86. The number of rotatable bonds is 3. The Morgan fingerprint density at radius 2 is 1.57 bits per heavy atom. The van der Waals surface area contributed by atoms with Crippen LogP contribution in [0.25, 0.3) is 11.0 Å². The first kappa shape index (κ1) is 19.6. The molecule has 3 rings (SSSR count). The Kier molecular flexibility index (Phi) is 4.97. The number of pyridine rings is 2. The van der Waals surface area contributed by atoms with Crippen LogP contribution in [-0.4, -0.2) is 16.2 Å². The lowest BCUT2D eigenvalue weighted by Crippen LogP contribution is -2.14. The molecule has 0 amide bonds. The standard InChI is InChI=1S/C18H12F6N4/c1-10-2-4-11(5-3-10)9-25-28-15-7-6-12-13(17(19,20)21)8-14(18(22,23)24)26-16(12)27-15/h2-9H,1H3,(H,26,27,28). The summed E-state index contributed by atoms with van der Waals surface area (Å²) in [5.41, 5.74) is 0.466. The Hall–Kier alpha value is -3.17. The highest BCUT2D eigenvalue weighted by molar-refractivity contribution is 5.82. The van der Waals surface area contributed by atoms with Gasteiger partial charge < -0.3 is 0 Å². The zero-order chi connectivity index (χ0) is 20.5. The Labute approximate surface area is 154 Å². The van der Waals surface area contributed by atoms with Crippen molar-refractivity contribution in [3.8, 4) is 0 Å². The van der Waals surface area contributed by atoms with Crippen molar-refractivity contribution >= 4 is 23.1 Å². The predicted octanol–water partition coefficient (Wildman–Crippen LogP) is 5.42. The number of fused-ring (bicyclic) bond motifs is 1. The summed E-state index contributed by atoms with van der Waals surface area (Å²) in [7, 11) is 0. The quantitative estimate of drug-likeness (QED) is 0.364. The van der Waals surface area contributed by atoms with E-state index in [0.717, 1.165) is 17.2 Å². The summed E-state index contributed by atoms with van der Waals surface area (Å²) in [6.07, 6.45) is -8.59. The van der Waals surface area contributed by atoms with Crippen molar-refractivity contribution in [1.29, 1.82) is 0 Å². The van der Waals surface area contributed by atoms with E-state index < -0.39 is 34.6 Å². The van der Waals surface area contributed by atoms with Crippen LogP contribution in [-0.2, 0) is 12.4 Å². The molecule has 3 aromatic rings. The van der Waals surface area contributed by atoms with E-state index in [1.54, 1.807) is 12.1 Å². The van der Waals surface area contributed by atoms with E-state index in [0.29, 0.717) is 0 Å². The summed E-state index contributed by atoms with van der Waals surface area (Å²) < 4.78 is 78.1. The number of nitrogens with zero attached hydrogens (tertiary/aromatic N) is 3. The molecule has 0 fully saturated rings. The molecular formula is C18H12F6N4. The number of hydrogen-bond donors (Lipinski definition) is 1. The van der Waals surface area contributed by atoms with E-state index in [-0.39, 0.29) is 11.9 Å². The molecule has 0 unspecified atom stereocenters. The fourth-order valence-electron chi connectivity index (χ4n) is 2.37.